The zero-order valence-electron chi connectivity index (χ0n) is 10.7. The molecule has 0 heterocycles. The van der Waals surface area contributed by atoms with Crippen LogP contribution in [0.25, 0.3) is 0 Å². The third kappa shape index (κ3) is 3.94. The fourth-order valence-corrected chi connectivity index (χ4v) is 4.24. The highest BCUT2D eigenvalue weighted by Gasteiger charge is 2.22. The van der Waals surface area contributed by atoms with E-state index in [4.69, 9.17) is 5.73 Å². The Morgan fingerprint density at radius 2 is 1.79 bits per heavy atom. The van der Waals surface area contributed by atoms with Crippen LogP contribution >= 0.6 is 15.9 Å². The molecule has 0 aromatic heterocycles. The van der Waals surface area contributed by atoms with Crippen LogP contribution in [0.3, 0.4) is 0 Å². The summed E-state index contributed by atoms with van der Waals surface area (Å²) in [4.78, 5) is 0.167. The fourth-order valence-electron chi connectivity index (χ4n) is 2.44. The van der Waals surface area contributed by atoms with Gasteiger partial charge in [-0.1, -0.05) is 41.6 Å². The van der Waals surface area contributed by atoms with Gasteiger partial charge in [0.05, 0.1) is 5.69 Å². The maximum absolute atomic E-state index is 12.3. The Balaban J connectivity index is 2.17. The summed E-state index contributed by atoms with van der Waals surface area (Å²) in [6.45, 7) is 0. The molecule has 1 aromatic rings. The molecule has 2 rings (SSSR count). The van der Waals surface area contributed by atoms with Crippen LogP contribution in [0.2, 0.25) is 0 Å². The first-order valence-corrected chi connectivity index (χ1v) is 8.84. The van der Waals surface area contributed by atoms with E-state index < -0.39 is 10.0 Å². The predicted molar refractivity (Wildman–Crippen MR) is 80.4 cm³/mol. The number of benzene rings is 1. The van der Waals surface area contributed by atoms with E-state index in [9.17, 15) is 8.42 Å². The molecule has 6 heteroatoms. The summed E-state index contributed by atoms with van der Waals surface area (Å²) in [7, 11) is -3.52. The van der Waals surface area contributed by atoms with Gasteiger partial charge in [0.1, 0.15) is 4.90 Å². The Hall–Kier alpha value is -0.590. The lowest BCUT2D eigenvalue weighted by Crippen LogP contribution is -2.34. The highest BCUT2D eigenvalue weighted by Crippen LogP contribution is 2.24. The number of nitrogen functional groups attached to an aromatic ring is 1. The molecule has 0 amide bonds. The van der Waals surface area contributed by atoms with Gasteiger partial charge in [-0.15, -0.1) is 0 Å². The molecule has 1 aromatic carbocycles. The summed E-state index contributed by atoms with van der Waals surface area (Å²) in [5, 5.41) is 0. The second-order valence-corrected chi connectivity index (χ2v) is 7.59. The lowest BCUT2D eigenvalue weighted by molar-refractivity contribution is 0.510. The maximum Gasteiger partial charge on any atom is 0.242 e. The first-order chi connectivity index (χ1) is 8.99. The third-order valence-corrected chi connectivity index (χ3v) is 5.53. The van der Waals surface area contributed by atoms with Gasteiger partial charge >= 0.3 is 0 Å². The molecule has 1 aliphatic carbocycles. The van der Waals surface area contributed by atoms with Crippen molar-refractivity contribution < 1.29 is 8.42 Å². The summed E-state index contributed by atoms with van der Waals surface area (Å²) in [5.41, 5.74) is 6.07. The molecule has 4 nitrogen and oxygen atoms in total. The van der Waals surface area contributed by atoms with Crippen molar-refractivity contribution in [2.45, 2.75) is 49.5 Å². The first-order valence-electron chi connectivity index (χ1n) is 6.56. The van der Waals surface area contributed by atoms with Crippen molar-refractivity contribution in [1.29, 1.82) is 0 Å². The van der Waals surface area contributed by atoms with E-state index in [1.54, 1.807) is 18.2 Å². The van der Waals surface area contributed by atoms with Crippen LogP contribution in [0.4, 0.5) is 5.69 Å². The van der Waals surface area contributed by atoms with E-state index in [1.807, 2.05) is 0 Å². The zero-order chi connectivity index (χ0) is 13.9. The summed E-state index contributed by atoms with van der Waals surface area (Å²) in [5.74, 6) is 0. The van der Waals surface area contributed by atoms with Gasteiger partial charge in [0.2, 0.25) is 10.0 Å². The number of halogens is 1. The molecule has 0 unspecified atom stereocenters. The molecule has 1 saturated carbocycles. The number of nitrogens with two attached hydrogens (primary N) is 1. The number of hydrogen-bond acceptors (Lipinski definition) is 3. The Morgan fingerprint density at radius 3 is 2.37 bits per heavy atom. The standard InChI is InChI=1S/C13H19BrN2O2S/c14-10-7-8-13(12(15)9-10)19(17,18)16-11-5-3-1-2-4-6-11/h7-9,11,16H,1-6,15H2. The van der Waals surface area contributed by atoms with Crippen LogP contribution in [0.15, 0.2) is 27.6 Å². The van der Waals surface area contributed by atoms with Crippen LogP contribution in [0, 0.1) is 0 Å². The van der Waals surface area contributed by atoms with Gasteiger partial charge in [-0.2, -0.15) is 0 Å². The Bertz CT molecular complexity index is 538. The van der Waals surface area contributed by atoms with Crippen molar-refractivity contribution in [1.82, 2.24) is 4.72 Å². The van der Waals surface area contributed by atoms with Gasteiger partial charge in [-0.05, 0) is 31.0 Å². The van der Waals surface area contributed by atoms with Gasteiger partial charge in [-0.25, -0.2) is 13.1 Å². The third-order valence-electron chi connectivity index (χ3n) is 3.44. The Labute approximate surface area is 122 Å². The summed E-state index contributed by atoms with van der Waals surface area (Å²) in [6, 6.07) is 4.88. The van der Waals surface area contributed by atoms with Crippen LogP contribution in [0.1, 0.15) is 38.5 Å². The number of sulfonamides is 1. The topological polar surface area (TPSA) is 72.2 Å². The lowest BCUT2D eigenvalue weighted by atomic mass is 10.1. The van der Waals surface area contributed by atoms with E-state index in [0.29, 0.717) is 0 Å². The van der Waals surface area contributed by atoms with Gasteiger partial charge < -0.3 is 5.73 Å². The van der Waals surface area contributed by atoms with Crippen molar-refractivity contribution in [3.05, 3.63) is 22.7 Å². The van der Waals surface area contributed by atoms with Crippen LogP contribution in [0.5, 0.6) is 0 Å². The summed E-state index contributed by atoms with van der Waals surface area (Å²) < 4.78 is 28.2. The first kappa shape index (κ1) is 14.8. The van der Waals surface area contributed by atoms with Gasteiger partial charge in [0, 0.05) is 10.5 Å². The predicted octanol–water partition coefficient (Wildman–Crippen LogP) is 3.03. The van der Waals surface area contributed by atoms with E-state index >= 15 is 0 Å². The quantitative estimate of drug-likeness (QED) is 0.652. The monoisotopic (exact) mass is 346 g/mol. The molecule has 0 saturated heterocycles. The largest absolute Gasteiger partial charge is 0.398 e. The van der Waals surface area contributed by atoms with E-state index in [0.717, 1.165) is 30.2 Å². The summed E-state index contributed by atoms with van der Waals surface area (Å²) in [6.07, 6.45) is 6.38. The molecule has 0 bridgehead atoms. The molecule has 0 radical (unpaired) electrons. The zero-order valence-corrected chi connectivity index (χ0v) is 13.1. The normalized spacial score (nSPS) is 18.2. The highest BCUT2D eigenvalue weighted by atomic mass is 79.9. The average Bonchev–Trinajstić information content (AvgIpc) is 2.56. The van der Waals surface area contributed by atoms with E-state index in [1.165, 1.54) is 12.8 Å². The molecule has 0 atom stereocenters. The van der Waals surface area contributed by atoms with Crippen LogP contribution < -0.4 is 10.5 Å². The van der Waals surface area contributed by atoms with Crippen molar-refractivity contribution in [2.75, 3.05) is 5.73 Å². The minimum Gasteiger partial charge on any atom is -0.398 e. The van der Waals surface area contributed by atoms with Crippen molar-refractivity contribution >= 4 is 31.6 Å². The van der Waals surface area contributed by atoms with Crippen LogP contribution in [-0.2, 0) is 10.0 Å². The molecule has 0 spiro atoms. The summed E-state index contributed by atoms with van der Waals surface area (Å²) >= 11 is 3.28. The number of rotatable bonds is 3. The second kappa shape index (κ2) is 6.24. The smallest absolute Gasteiger partial charge is 0.242 e. The molecule has 1 fully saturated rings. The number of anilines is 1. The van der Waals surface area contributed by atoms with Gasteiger partial charge in [-0.3, -0.25) is 0 Å². The average molecular weight is 347 g/mol. The lowest BCUT2D eigenvalue weighted by Gasteiger charge is -2.17. The molecule has 3 N–H and O–H groups in total. The molecular weight excluding hydrogens is 328 g/mol. The van der Waals surface area contributed by atoms with E-state index in [2.05, 4.69) is 20.7 Å². The Kier molecular flexibility index (Phi) is 4.86. The van der Waals surface area contributed by atoms with E-state index in [-0.39, 0.29) is 16.6 Å². The minimum atomic E-state index is -3.52. The molecule has 0 aliphatic heterocycles. The molecular formula is C13H19BrN2O2S. The number of nitrogens with one attached hydrogen (secondary N) is 1. The number of hydrogen-bond donors (Lipinski definition) is 2. The van der Waals surface area contributed by atoms with Gasteiger partial charge in [0.15, 0.2) is 0 Å². The second-order valence-electron chi connectivity index (χ2n) is 4.99. The fraction of sp³-hybridized carbons (Fsp3) is 0.538. The molecule has 1 aliphatic rings. The van der Waals surface area contributed by atoms with Crippen molar-refractivity contribution in [3.63, 3.8) is 0 Å². The molecule has 19 heavy (non-hydrogen) atoms. The van der Waals surface area contributed by atoms with Crippen LogP contribution in [-0.4, -0.2) is 14.5 Å². The SMILES string of the molecule is Nc1cc(Br)ccc1S(=O)(=O)NC1CCCCCC1. The minimum absolute atomic E-state index is 0.0375. The Morgan fingerprint density at radius 1 is 1.16 bits per heavy atom. The van der Waals surface area contributed by atoms with Crippen molar-refractivity contribution in [2.24, 2.45) is 0 Å². The molecule has 106 valence electrons. The van der Waals surface area contributed by atoms with Crippen molar-refractivity contribution in [3.8, 4) is 0 Å². The highest BCUT2D eigenvalue weighted by molar-refractivity contribution is 9.10. The van der Waals surface area contributed by atoms with Gasteiger partial charge in [0.25, 0.3) is 0 Å². The maximum atomic E-state index is 12.3.